The Kier molecular flexibility index (Phi) is 6.11. The summed E-state index contributed by atoms with van der Waals surface area (Å²) in [6, 6.07) is 5.64. The van der Waals surface area contributed by atoms with Gasteiger partial charge in [-0.3, -0.25) is 9.69 Å². The standard InChI is InChI=1S/C19H28N4O3/c1-14-3-4-17(11-15(14)2)23-13-16(12-18(23)24)21-19(25)20-5-6-22-7-9-26-10-8-22/h3-4,11,16H,5-10,12-13H2,1-2H3,(H2,20,21,25)/t16-/m1/s1. The number of rotatable bonds is 5. The number of hydrogen-bond donors (Lipinski definition) is 2. The molecule has 2 heterocycles. The van der Waals surface area contributed by atoms with Crippen LogP contribution in [-0.2, 0) is 9.53 Å². The zero-order valence-corrected chi connectivity index (χ0v) is 15.6. The molecule has 0 unspecified atom stereocenters. The van der Waals surface area contributed by atoms with Crippen molar-refractivity contribution in [1.82, 2.24) is 15.5 Å². The molecule has 2 saturated heterocycles. The SMILES string of the molecule is Cc1ccc(N2C[C@H](NC(=O)NCCN3CCOCC3)CC2=O)cc1C. The van der Waals surface area contributed by atoms with E-state index in [0.717, 1.165) is 44.1 Å². The molecule has 2 fully saturated rings. The number of morpholine rings is 1. The third-order valence-corrected chi connectivity index (χ3v) is 5.08. The number of aryl methyl sites for hydroxylation is 2. The zero-order valence-electron chi connectivity index (χ0n) is 15.6. The average Bonchev–Trinajstić information content (AvgIpc) is 2.98. The largest absolute Gasteiger partial charge is 0.379 e. The summed E-state index contributed by atoms with van der Waals surface area (Å²) in [7, 11) is 0. The zero-order chi connectivity index (χ0) is 18.5. The number of hydrogen-bond acceptors (Lipinski definition) is 4. The average molecular weight is 360 g/mol. The number of nitrogens with one attached hydrogen (secondary N) is 2. The number of benzene rings is 1. The number of anilines is 1. The Hall–Kier alpha value is -2.12. The van der Waals surface area contributed by atoms with Gasteiger partial charge in [0.2, 0.25) is 5.91 Å². The fraction of sp³-hybridized carbons (Fsp3) is 0.579. The number of carbonyl (C=O) groups is 2. The lowest BCUT2D eigenvalue weighted by atomic mass is 10.1. The van der Waals surface area contributed by atoms with Gasteiger partial charge in [0.1, 0.15) is 0 Å². The van der Waals surface area contributed by atoms with E-state index in [-0.39, 0.29) is 18.0 Å². The van der Waals surface area contributed by atoms with Crippen LogP contribution in [0.3, 0.4) is 0 Å². The molecule has 2 aliphatic heterocycles. The van der Waals surface area contributed by atoms with Crippen molar-refractivity contribution in [2.45, 2.75) is 26.3 Å². The van der Waals surface area contributed by atoms with E-state index in [2.05, 4.69) is 22.5 Å². The van der Waals surface area contributed by atoms with Crippen LogP contribution in [0.1, 0.15) is 17.5 Å². The van der Waals surface area contributed by atoms with E-state index in [9.17, 15) is 9.59 Å². The predicted molar refractivity (Wildman–Crippen MR) is 100 cm³/mol. The van der Waals surface area contributed by atoms with Crippen LogP contribution < -0.4 is 15.5 Å². The Morgan fingerprint density at radius 2 is 2.00 bits per heavy atom. The summed E-state index contributed by atoms with van der Waals surface area (Å²) in [6.07, 6.45) is 0.337. The second-order valence-electron chi connectivity index (χ2n) is 7.03. The fourth-order valence-electron chi connectivity index (χ4n) is 3.34. The summed E-state index contributed by atoms with van der Waals surface area (Å²) in [5, 5.41) is 5.80. The van der Waals surface area contributed by atoms with E-state index in [1.165, 1.54) is 5.56 Å². The molecule has 2 aliphatic rings. The van der Waals surface area contributed by atoms with Crippen molar-refractivity contribution in [3.8, 4) is 0 Å². The third-order valence-electron chi connectivity index (χ3n) is 5.08. The molecule has 142 valence electrons. The van der Waals surface area contributed by atoms with Gasteiger partial charge >= 0.3 is 6.03 Å². The van der Waals surface area contributed by atoms with Gasteiger partial charge in [-0.25, -0.2) is 4.79 Å². The maximum atomic E-state index is 12.3. The van der Waals surface area contributed by atoms with E-state index < -0.39 is 0 Å². The minimum absolute atomic E-state index is 0.0480. The molecule has 0 spiro atoms. The van der Waals surface area contributed by atoms with Gasteiger partial charge in [-0.2, -0.15) is 0 Å². The van der Waals surface area contributed by atoms with E-state index in [1.54, 1.807) is 4.90 Å². The third kappa shape index (κ3) is 4.74. The first kappa shape index (κ1) is 18.7. The molecule has 2 N–H and O–H groups in total. The maximum Gasteiger partial charge on any atom is 0.315 e. The van der Waals surface area contributed by atoms with Gasteiger partial charge in [0.25, 0.3) is 0 Å². The minimum atomic E-state index is -0.210. The highest BCUT2D eigenvalue weighted by atomic mass is 16.5. The van der Waals surface area contributed by atoms with Gasteiger partial charge in [0, 0.05) is 44.8 Å². The molecule has 0 aromatic heterocycles. The van der Waals surface area contributed by atoms with E-state index in [0.29, 0.717) is 19.5 Å². The second-order valence-corrected chi connectivity index (χ2v) is 7.03. The van der Waals surface area contributed by atoms with E-state index >= 15 is 0 Å². The Morgan fingerprint density at radius 3 is 2.73 bits per heavy atom. The van der Waals surface area contributed by atoms with Crippen LogP contribution in [0.4, 0.5) is 10.5 Å². The normalized spacial score (nSPS) is 21.1. The molecule has 7 nitrogen and oxygen atoms in total. The summed E-state index contributed by atoms with van der Waals surface area (Å²) < 4.78 is 5.31. The lowest BCUT2D eigenvalue weighted by molar-refractivity contribution is -0.117. The first-order valence-corrected chi connectivity index (χ1v) is 9.25. The Balaban J connectivity index is 1.44. The molecule has 0 aliphatic carbocycles. The molecule has 1 aromatic carbocycles. The lowest BCUT2D eigenvalue weighted by Crippen LogP contribution is -2.46. The molecule has 3 amide bonds. The van der Waals surface area contributed by atoms with Crippen molar-refractivity contribution in [3.05, 3.63) is 29.3 Å². The van der Waals surface area contributed by atoms with Crippen LogP contribution in [-0.4, -0.2) is 68.8 Å². The van der Waals surface area contributed by atoms with Gasteiger partial charge in [-0.1, -0.05) is 6.07 Å². The van der Waals surface area contributed by atoms with Gasteiger partial charge < -0.3 is 20.3 Å². The predicted octanol–water partition coefficient (Wildman–Crippen LogP) is 1.04. The molecule has 0 saturated carbocycles. The molecule has 26 heavy (non-hydrogen) atoms. The number of nitrogens with zero attached hydrogens (tertiary/aromatic N) is 2. The van der Waals surface area contributed by atoms with Crippen molar-refractivity contribution < 1.29 is 14.3 Å². The molecule has 7 heteroatoms. The first-order chi connectivity index (χ1) is 12.5. The highest BCUT2D eigenvalue weighted by molar-refractivity contribution is 5.96. The summed E-state index contributed by atoms with van der Waals surface area (Å²) in [5.74, 6) is 0.0480. The van der Waals surface area contributed by atoms with Crippen LogP contribution in [0.2, 0.25) is 0 Å². The molecule has 1 atom stereocenters. The topological polar surface area (TPSA) is 73.9 Å². The van der Waals surface area contributed by atoms with Crippen LogP contribution >= 0.6 is 0 Å². The molecular formula is C19H28N4O3. The molecule has 0 bridgehead atoms. The van der Waals surface area contributed by atoms with Crippen LogP contribution in [0.5, 0.6) is 0 Å². The second kappa shape index (κ2) is 8.51. The molecule has 0 radical (unpaired) electrons. The molecule has 3 rings (SSSR count). The number of ether oxygens (including phenoxy) is 1. The van der Waals surface area contributed by atoms with Crippen molar-refractivity contribution in [2.24, 2.45) is 0 Å². The Labute approximate surface area is 154 Å². The minimum Gasteiger partial charge on any atom is -0.379 e. The van der Waals surface area contributed by atoms with Gasteiger partial charge in [0.15, 0.2) is 0 Å². The summed E-state index contributed by atoms with van der Waals surface area (Å²) >= 11 is 0. The summed E-state index contributed by atoms with van der Waals surface area (Å²) in [6.45, 7) is 9.33. The number of carbonyl (C=O) groups excluding carboxylic acids is 2. The highest BCUT2D eigenvalue weighted by Gasteiger charge is 2.31. The first-order valence-electron chi connectivity index (χ1n) is 9.25. The smallest absolute Gasteiger partial charge is 0.315 e. The van der Waals surface area contributed by atoms with Crippen molar-refractivity contribution >= 4 is 17.6 Å². The summed E-state index contributed by atoms with van der Waals surface area (Å²) in [5.41, 5.74) is 3.26. The van der Waals surface area contributed by atoms with Crippen molar-refractivity contribution in [1.29, 1.82) is 0 Å². The highest BCUT2D eigenvalue weighted by Crippen LogP contribution is 2.24. The Morgan fingerprint density at radius 1 is 1.23 bits per heavy atom. The van der Waals surface area contributed by atoms with Gasteiger partial charge in [-0.05, 0) is 37.1 Å². The fourth-order valence-corrected chi connectivity index (χ4v) is 3.34. The molecule has 1 aromatic rings. The maximum absolute atomic E-state index is 12.3. The van der Waals surface area contributed by atoms with Crippen molar-refractivity contribution in [3.63, 3.8) is 0 Å². The van der Waals surface area contributed by atoms with Gasteiger partial charge in [0.05, 0.1) is 19.3 Å². The van der Waals surface area contributed by atoms with E-state index in [1.807, 2.05) is 25.1 Å². The number of urea groups is 1. The van der Waals surface area contributed by atoms with Crippen LogP contribution in [0, 0.1) is 13.8 Å². The van der Waals surface area contributed by atoms with Crippen molar-refractivity contribution in [2.75, 3.05) is 50.8 Å². The quantitative estimate of drug-likeness (QED) is 0.823. The number of amides is 3. The lowest BCUT2D eigenvalue weighted by Gasteiger charge is -2.26. The molecular weight excluding hydrogens is 332 g/mol. The van der Waals surface area contributed by atoms with E-state index in [4.69, 9.17) is 4.74 Å². The monoisotopic (exact) mass is 360 g/mol. The summed E-state index contributed by atoms with van der Waals surface area (Å²) in [4.78, 5) is 28.4. The van der Waals surface area contributed by atoms with Crippen LogP contribution in [0.25, 0.3) is 0 Å². The van der Waals surface area contributed by atoms with Gasteiger partial charge in [-0.15, -0.1) is 0 Å². The Bertz CT molecular complexity index is 658. The van der Waals surface area contributed by atoms with Crippen LogP contribution in [0.15, 0.2) is 18.2 Å².